The molecule has 2 aromatic carbocycles. The molecule has 0 aliphatic carbocycles. The maximum Gasteiger partial charge on any atom is 0.317 e. The molecule has 0 fully saturated rings. The van der Waals surface area contributed by atoms with E-state index in [1.165, 1.54) is 16.0 Å². The molecule has 1 N–H and O–H groups in total. The number of rotatable bonds is 5. The molecule has 0 aromatic heterocycles. The van der Waals surface area contributed by atoms with Crippen molar-refractivity contribution in [3.63, 3.8) is 0 Å². The second-order valence-corrected chi connectivity index (χ2v) is 7.36. The Morgan fingerprint density at radius 2 is 1.83 bits per heavy atom. The van der Waals surface area contributed by atoms with Crippen LogP contribution in [0.1, 0.15) is 37.4 Å². The van der Waals surface area contributed by atoms with Crippen molar-refractivity contribution in [1.29, 1.82) is 0 Å². The Morgan fingerprint density at radius 1 is 1.17 bits per heavy atom. The monoisotopic (exact) mass is 396 g/mol. The lowest BCUT2D eigenvalue weighted by Crippen LogP contribution is -2.45. The summed E-state index contributed by atoms with van der Waals surface area (Å²) in [7, 11) is 1.56. The van der Waals surface area contributed by atoms with E-state index in [2.05, 4.69) is 10.4 Å². The number of hydrogen-bond acceptors (Lipinski definition) is 3. The molecule has 3 rings (SSSR count). The first-order valence-corrected chi connectivity index (χ1v) is 9.58. The summed E-state index contributed by atoms with van der Waals surface area (Å²) in [6.45, 7) is 3.57. The van der Waals surface area contributed by atoms with Gasteiger partial charge in [0.1, 0.15) is 12.4 Å². The van der Waals surface area contributed by atoms with Gasteiger partial charge in [-0.25, -0.2) is 14.2 Å². The van der Waals surface area contributed by atoms with Gasteiger partial charge in [0.15, 0.2) is 0 Å². The Kier molecular flexibility index (Phi) is 6.26. The van der Waals surface area contributed by atoms with Crippen LogP contribution < -0.4 is 5.32 Å². The highest BCUT2D eigenvalue weighted by molar-refractivity contribution is 6.03. The fourth-order valence-corrected chi connectivity index (χ4v) is 3.24. The van der Waals surface area contributed by atoms with Gasteiger partial charge >= 0.3 is 6.03 Å². The number of nitrogens with one attached hydrogen (secondary N) is 1. The number of urea groups is 1. The van der Waals surface area contributed by atoms with Crippen LogP contribution in [0.4, 0.5) is 9.18 Å². The van der Waals surface area contributed by atoms with Crippen molar-refractivity contribution in [1.82, 2.24) is 15.2 Å². The van der Waals surface area contributed by atoms with E-state index in [0.717, 1.165) is 5.56 Å². The van der Waals surface area contributed by atoms with Crippen LogP contribution in [0.2, 0.25) is 0 Å². The quantitative estimate of drug-likeness (QED) is 0.840. The highest BCUT2D eigenvalue weighted by Gasteiger charge is 2.34. The summed E-state index contributed by atoms with van der Waals surface area (Å²) < 4.78 is 14.3. The van der Waals surface area contributed by atoms with E-state index in [9.17, 15) is 14.0 Å². The van der Waals surface area contributed by atoms with Gasteiger partial charge in [-0.05, 0) is 25.5 Å². The summed E-state index contributed by atoms with van der Waals surface area (Å²) in [5.74, 6) is -0.701. The minimum Gasteiger partial charge on any atom is -0.336 e. The summed E-state index contributed by atoms with van der Waals surface area (Å²) in [5.41, 5.74) is 1.81. The van der Waals surface area contributed by atoms with Crippen LogP contribution in [0.3, 0.4) is 0 Å². The molecule has 1 atom stereocenters. The third-order valence-electron chi connectivity index (χ3n) is 4.67. The second kappa shape index (κ2) is 8.86. The van der Waals surface area contributed by atoms with Crippen LogP contribution in [0.25, 0.3) is 0 Å². The van der Waals surface area contributed by atoms with E-state index < -0.39 is 0 Å². The van der Waals surface area contributed by atoms with Crippen molar-refractivity contribution in [2.45, 2.75) is 32.4 Å². The molecule has 152 valence electrons. The molecule has 3 amide bonds. The van der Waals surface area contributed by atoms with Crippen molar-refractivity contribution < 1.29 is 14.0 Å². The zero-order valence-corrected chi connectivity index (χ0v) is 16.8. The van der Waals surface area contributed by atoms with Gasteiger partial charge in [-0.3, -0.25) is 4.79 Å². The summed E-state index contributed by atoms with van der Waals surface area (Å²) in [4.78, 5) is 26.5. The predicted molar refractivity (Wildman–Crippen MR) is 110 cm³/mol. The summed E-state index contributed by atoms with van der Waals surface area (Å²) in [6, 6.07) is 15.2. The van der Waals surface area contributed by atoms with E-state index in [1.807, 2.05) is 44.2 Å². The first-order valence-electron chi connectivity index (χ1n) is 9.58. The van der Waals surface area contributed by atoms with Crippen molar-refractivity contribution >= 4 is 17.6 Å². The number of carbonyl (C=O) groups excluding carboxylic acids is 2. The maximum atomic E-state index is 14.3. The molecule has 1 aliphatic heterocycles. The van der Waals surface area contributed by atoms with E-state index in [0.29, 0.717) is 17.7 Å². The van der Waals surface area contributed by atoms with Crippen LogP contribution in [-0.4, -0.2) is 47.2 Å². The first-order chi connectivity index (χ1) is 13.9. The van der Waals surface area contributed by atoms with E-state index in [4.69, 9.17) is 0 Å². The van der Waals surface area contributed by atoms with Gasteiger partial charge in [0.2, 0.25) is 0 Å². The van der Waals surface area contributed by atoms with Crippen LogP contribution in [0.15, 0.2) is 59.7 Å². The Labute approximate surface area is 170 Å². The standard InChI is InChI=1S/C22H25FN4O2/c1-15(2)24-22(29)26(3)14-21(28)27-20(16-9-5-4-6-10-16)13-19(25-27)17-11-7-8-12-18(17)23/h4-12,15,20H,13-14H2,1-3H3,(H,24,29)/t20-/m0/s1. The topological polar surface area (TPSA) is 65.0 Å². The molecule has 0 bridgehead atoms. The Morgan fingerprint density at radius 3 is 2.48 bits per heavy atom. The SMILES string of the molecule is CC(C)NC(=O)N(C)CC(=O)N1N=C(c2ccccc2F)C[C@H]1c1ccccc1. The molecule has 0 unspecified atom stereocenters. The number of benzene rings is 2. The molecule has 2 aromatic rings. The van der Waals surface area contributed by atoms with Gasteiger partial charge < -0.3 is 10.2 Å². The molecule has 7 heteroatoms. The molecule has 1 aliphatic rings. The molecule has 0 radical (unpaired) electrons. The van der Waals surface area contributed by atoms with Crippen LogP contribution in [0, 0.1) is 5.82 Å². The average molecular weight is 396 g/mol. The van der Waals surface area contributed by atoms with Crippen molar-refractivity contribution in [2.75, 3.05) is 13.6 Å². The minimum atomic E-state index is -0.374. The van der Waals surface area contributed by atoms with Gasteiger partial charge in [-0.15, -0.1) is 0 Å². The molecule has 0 saturated carbocycles. The third kappa shape index (κ3) is 4.80. The van der Waals surface area contributed by atoms with Gasteiger partial charge in [0.25, 0.3) is 5.91 Å². The van der Waals surface area contributed by atoms with Gasteiger partial charge in [0.05, 0.1) is 11.8 Å². The third-order valence-corrected chi connectivity index (χ3v) is 4.67. The largest absolute Gasteiger partial charge is 0.336 e. The Balaban J connectivity index is 1.86. The zero-order valence-electron chi connectivity index (χ0n) is 16.8. The van der Waals surface area contributed by atoms with Gasteiger partial charge in [-0.1, -0.05) is 48.5 Å². The number of nitrogens with zero attached hydrogens (tertiary/aromatic N) is 3. The Bertz CT molecular complexity index is 914. The molecule has 29 heavy (non-hydrogen) atoms. The number of halogens is 1. The van der Waals surface area contributed by atoms with E-state index >= 15 is 0 Å². The summed E-state index contributed by atoms with van der Waals surface area (Å²) >= 11 is 0. The lowest BCUT2D eigenvalue weighted by atomic mass is 9.98. The zero-order chi connectivity index (χ0) is 21.0. The lowest BCUT2D eigenvalue weighted by molar-refractivity contribution is -0.133. The molecule has 6 nitrogen and oxygen atoms in total. The van der Waals surface area contributed by atoms with E-state index in [-0.39, 0.29) is 36.4 Å². The fourth-order valence-electron chi connectivity index (χ4n) is 3.24. The molecular formula is C22H25FN4O2. The van der Waals surface area contributed by atoms with E-state index in [1.54, 1.807) is 25.2 Å². The van der Waals surface area contributed by atoms with Gasteiger partial charge in [-0.2, -0.15) is 5.10 Å². The summed E-state index contributed by atoms with van der Waals surface area (Å²) in [5, 5.41) is 8.58. The van der Waals surface area contributed by atoms with Crippen LogP contribution >= 0.6 is 0 Å². The van der Waals surface area contributed by atoms with Crippen molar-refractivity contribution in [3.05, 3.63) is 71.5 Å². The molecular weight excluding hydrogens is 371 g/mol. The van der Waals surface area contributed by atoms with Crippen LogP contribution in [-0.2, 0) is 4.79 Å². The Hall–Kier alpha value is -3.22. The van der Waals surface area contributed by atoms with Crippen molar-refractivity contribution in [3.8, 4) is 0 Å². The fraction of sp³-hybridized carbons (Fsp3) is 0.318. The lowest BCUT2D eigenvalue weighted by Gasteiger charge is -2.25. The number of likely N-dealkylation sites (N-methyl/N-ethyl adjacent to an activating group) is 1. The van der Waals surface area contributed by atoms with Gasteiger partial charge in [0, 0.05) is 25.1 Å². The molecule has 1 heterocycles. The summed E-state index contributed by atoms with van der Waals surface area (Å²) in [6.07, 6.45) is 0.401. The molecule has 0 saturated heterocycles. The average Bonchev–Trinajstić information content (AvgIpc) is 3.14. The minimum absolute atomic E-state index is 0.0328. The number of carbonyl (C=O) groups is 2. The number of hydrazone groups is 1. The first kappa shape index (κ1) is 20.5. The number of hydrogen-bond donors (Lipinski definition) is 1. The smallest absolute Gasteiger partial charge is 0.317 e. The maximum absolute atomic E-state index is 14.3. The predicted octanol–water partition coefficient (Wildman–Crippen LogP) is 3.55. The molecule has 0 spiro atoms. The highest BCUT2D eigenvalue weighted by Crippen LogP contribution is 2.33. The number of amides is 3. The highest BCUT2D eigenvalue weighted by atomic mass is 19.1. The van der Waals surface area contributed by atoms with Crippen LogP contribution in [0.5, 0.6) is 0 Å². The van der Waals surface area contributed by atoms with Crippen molar-refractivity contribution in [2.24, 2.45) is 5.10 Å². The second-order valence-electron chi connectivity index (χ2n) is 7.36. The normalized spacial score (nSPS) is 16.0.